The highest BCUT2D eigenvalue weighted by molar-refractivity contribution is 7.22. The fourth-order valence-corrected chi connectivity index (χ4v) is 5.14. The molecule has 144 valence electrons. The van der Waals surface area contributed by atoms with Gasteiger partial charge in [0.25, 0.3) is 0 Å². The van der Waals surface area contributed by atoms with Crippen LogP contribution >= 0.6 is 22.9 Å². The molecule has 0 spiro atoms. The van der Waals surface area contributed by atoms with E-state index in [1.807, 2.05) is 18.2 Å². The summed E-state index contributed by atoms with van der Waals surface area (Å²) in [5.74, 6) is 0.354. The maximum absolute atomic E-state index is 12.5. The Morgan fingerprint density at radius 3 is 2.93 bits per heavy atom. The van der Waals surface area contributed by atoms with Crippen LogP contribution in [0.15, 0.2) is 29.8 Å². The van der Waals surface area contributed by atoms with Gasteiger partial charge in [-0.15, -0.1) is 0 Å². The second-order valence-electron chi connectivity index (χ2n) is 7.52. The van der Waals surface area contributed by atoms with Gasteiger partial charge in [0.05, 0.1) is 10.2 Å². The van der Waals surface area contributed by atoms with Crippen molar-refractivity contribution in [3.63, 3.8) is 0 Å². The summed E-state index contributed by atoms with van der Waals surface area (Å²) in [7, 11) is 0. The molecule has 2 heterocycles. The molecule has 4 rings (SSSR count). The quantitative estimate of drug-likeness (QED) is 0.700. The molecule has 1 fully saturated rings. The molecule has 1 aromatic carbocycles. The summed E-state index contributed by atoms with van der Waals surface area (Å²) in [6, 6.07) is 5.85. The minimum absolute atomic E-state index is 0.130. The minimum Gasteiger partial charge on any atom is -0.356 e. The Bertz CT molecular complexity index is 839. The fourth-order valence-electron chi connectivity index (χ4n) is 3.98. The highest BCUT2D eigenvalue weighted by atomic mass is 35.5. The third-order valence-electron chi connectivity index (χ3n) is 5.60. The maximum atomic E-state index is 12.5. The second kappa shape index (κ2) is 8.61. The smallest absolute Gasteiger partial charge is 0.223 e. The van der Waals surface area contributed by atoms with Crippen molar-refractivity contribution in [2.24, 2.45) is 5.92 Å². The molecule has 1 aromatic heterocycles. The van der Waals surface area contributed by atoms with E-state index in [2.05, 4.69) is 16.3 Å². The molecule has 1 saturated heterocycles. The summed E-state index contributed by atoms with van der Waals surface area (Å²) in [5.41, 5.74) is 2.48. The van der Waals surface area contributed by atoms with Gasteiger partial charge in [0.15, 0.2) is 5.13 Å². The van der Waals surface area contributed by atoms with Crippen LogP contribution in [-0.4, -0.2) is 30.5 Å². The molecule has 0 radical (unpaired) electrons. The van der Waals surface area contributed by atoms with Gasteiger partial charge in [0.1, 0.15) is 0 Å². The summed E-state index contributed by atoms with van der Waals surface area (Å²) in [4.78, 5) is 19.5. The molecular formula is C21H26ClN3OS. The Morgan fingerprint density at radius 2 is 2.15 bits per heavy atom. The van der Waals surface area contributed by atoms with Gasteiger partial charge < -0.3 is 10.2 Å². The lowest BCUT2D eigenvalue weighted by atomic mass is 9.95. The molecule has 2 aromatic rings. The van der Waals surface area contributed by atoms with Crippen LogP contribution in [-0.2, 0) is 4.79 Å². The number of halogens is 1. The van der Waals surface area contributed by atoms with Gasteiger partial charge in [-0.1, -0.05) is 34.6 Å². The maximum Gasteiger partial charge on any atom is 0.223 e. The summed E-state index contributed by atoms with van der Waals surface area (Å²) < 4.78 is 1.16. The van der Waals surface area contributed by atoms with Gasteiger partial charge >= 0.3 is 0 Å². The minimum atomic E-state index is 0.130. The number of anilines is 1. The third kappa shape index (κ3) is 4.64. The van der Waals surface area contributed by atoms with E-state index < -0.39 is 0 Å². The van der Waals surface area contributed by atoms with Gasteiger partial charge in [-0.3, -0.25) is 4.79 Å². The number of carbonyl (C=O) groups excluding carboxylic acids is 1. The van der Waals surface area contributed by atoms with Crippen molar-refractivity contribution in [1.29, 1.82) is 0 Å². The summed E-state index contributed by atoms with van der Waals surface area (Å²) in [6.45, 7) is 2.55. The molecule has 1 N–H and O–H groups in total. The number of nitrogens with one attached hydrogen (secondary N) is 1. The van der Waals surface area contributed by atoms with E-state index in [0.717, 1.165) is 59.3 Å². The molecule has 0 bridgehead atoms. The number of amides is 1. The van der Waals surface area contributed by atoms with Crippen molar-refractivity contribution in [2.45, 2.75) is 44.9 Å². The van der Waals surface area contributed by atoms with Crippen LogP contribution in [0.3, 0.4) is 0 Å². The molecule has 1 aliphatic carbocycles. The zero-order chi connectivity index (χ0) is 18.6. The number of hydrogen-bond acceptors (Lipinski definition) is 4. The van der Waals surface area contributed by atoms with Crippen LogP contribution in [0.1, 0.15) is 44.9 Å². The Hall–Kier alpha value is -1.59. The number of nitrogens with zero attached hydrogens (tertiary/aromatic N) is 2. The van der Waals surface area contributed by atoms with E-state index in [1.54, 1.807) is 11.3 Å². The van der Waals surface area contributed by atoms with E-state index in [-0.39, 0.29) is 11.8 Å². The average Bonchev–Trinajstić information content (AvgIpc) is 3.12. The highest BCUT2D eigenvalue weighted by Crippen LogP contribution is 2.32. The average molecular weight is 404 g/mol. The predicted octanol–water partition coefficient (Wildman–Crippen LogP) is 5.17. The Balaban J connectivity index is 1.26. The number of aromatic nitrogens is 1. The van der Waals surface area contributed by atoms with Gasteiger partial charge in [-0.2, -0.15) is 0 Å². The molecule has 0 atom stereocenters. The Morgan fingerprint density at radius 1 is 1.30 bits per heavy atom. The number of piperidine rings is 1. The first-order valence-electron chi connectivity index (χ1n) is 9.96. The zero-order valence-electron chi connectivity index (χ0n) is 15.5. The number of carbonyl (C=O) groups is 1. The van der Waals surface area contributed by atoms with E-state index in [4.69, 9.17) is 16.6 Å². The number of thiazole rings is 1. The molecule has 2 aliphatic rings. The van der Waals surface area contributed by atoms with Crippen molar-refractivity contribution in [2.75, 3.05) is 24.5 Å². The third-order valence-corrected chi connectivity index (χ3v) is 6.94. The number of fused-ring (bicyclic) bond motifs is 1. The van der Waals surface area contributed by atoms with Gasteiger partial charge in [0.2, 0.25) is 5.91 Å². The largest absolute Gasteiger partial charge is 0.356 e. The van der Waals surface area contributed by atoms with Crippen molar-refractivity contribution in [3.8, 4) is 0 Å². The molecule has 1 amide bonds. The van der Waals surface area contributed by atoms with Gasteiger partial charge in [-0.05, 0) is 63.1 Å². The van der Waals surface area contributed by atoms with Crippen LogP contribution in [0, 0.1) is 5.92 Å². The fraction of sp³-hybridized carbons (Fsp3) is 0.524. The predicted molar refractivity (Wildman–Crippen MR) is 114 cm³/mol. The summed E-state index contributed by atoms with van der Waals surface area (Å²) in [5, 5.41) is 4.91. The number of rotatable bonds is 5. The van der Waals surface area contributed by atoms with Crippen LogP contribution in [0.4, 0.5) is 5.13 Å². The summed E-state index contributed by atoms with van der Waals surface area (Å²) >= 11 is 7.76. The molecule has 0 unspecified atom stereocenters. The monoisotopic (exact) mass is 403 g/mol. The Labute approximate surface area is 169 Å². The van der Waals surface area contributed by atoms with E-state index in [9.17, 15) is 4.79 Å². The first-order chi connectivity index (χ1) is 13.2. The van der Waals surface area contributed by atoms with Gasteiger partial charge in [-0.25, -0.2) is 4.98 Å². The number of hydrogen-bond donors (Lipinski definition) is 1. The normalized spacial score (nSPS) is 18.6. The molecule has 1 aliphatic heterocycles. The molecular weight excluding hydrogens is 378 g/mol. The Kier molecular flexibility index (Phi) is 5.98. The SMILES string of the molecule is O=C(NCCC1=CCCCC1)C1CCN(c2nc3cc(Cl)ccc3s2)CC1. The number of benzene rings is 1. The van der Waals surface area contributed by atoms with E-state index >= 15 is 0 Å². The lowest BCUT2D eigenvalue weighted by Gasteiger charge is -2.31. The van der Waals surface area contributed by atoms with Crippen LogP contribution in [0.5, 0.6) is 0 Å². The summed E-state index contributed by atoms with van der Waals surface area (Å²) in [6.07, 6.45) is 10.2. The molecule has 0 saturated carbocycles. The van der Waals surface area contributed by atoms with Gasteiger partial charge in [0, 0.05) is 30.6 Å². The second-order valence-corrected chi connectivity index (χ2v) is 8.96. The van der Waals surface area contributed by atoms with Crippen molar-refractivity contribution in [1.82, 2.24) is 10.3 Å². The van der Waals surface area contributed by atoms with Crippen molar-refractivity contribution >= 4 is 44.2 Å². The van der Waals surface area contributed by atoms with E-state index in [1.165, 1.54) is 31.3 Å². The van der Waals surface area contributed by atoms with Crippen molar-refractivity contribution < 1.29 is 4.79 Å². The van der Waals surface area contributed by atoms with Crippen LogP contribution in [0.2, 0.25) is 5.02 Å². The first-order valence-corrected chi connectivity index (χ1v) is 11.1. The molecule has 4 nitrogen and oxygen atoms in total. The van der Waals surface area contributed by atoms with Crippen LogP contribution in [0.25, 0.3) is 10.2 Å². The van der Waals surface area contributed by atoms with E-state index in [0.29, 0.717) is 0 Å². The topological polar surface area (TPSA) is 45.2 Å². The standard InChI is InChI=1S/C21H26ClN3OS/c22-17-6-7-19-18(14-17)24-21(27-19)25-12-9-16(10-13-25)20(26)23-11-8-15-4-2-1-3-5-15/h4,6-7,14,16H,1-3,5,8-13H2,(H,23,26). The zero-order valence-corrected chi connectivity index (χ0v) is 17.1. The number of allylic oxidation sites excluding steroid dienone is 1. The lowest BCUT2D eigenvalue weighted by molar-refractivity contribution is -0.125. The first kappa shape index (κ1) is 18.8. The van der Waals surface area contributed by atoms with Crippen molar-refractivity contribution in [3.05, 3.63) is 34.9 Å². The van der Waals surface area contributed by atoms with Crippen LogP contribution < -0.4 is 10.2 Å². The highest BCUT2D eigenvalue weighted by Gasteiger charge is 2.26. The molecule has 27 heavy (non-hydrogen) atoms. The molecule has 6 heteroatoms. The lowest BCUT2D eigenvalue weighted by Crippen LogP contribution is -2.40.